The zero-order valence-electron chi connectivity index (χ0n) is 26.0. The fourth-order valence-electron chi connectivity index (χ4n) is 7.15. The smallest absolute Gasteiger partial charge is 0.0616 e. The zero-order valence-corrected chi connectivity index (χ0v) is 26.0. The Hall–Kier alpha value is -6.52. The molecule has 1 heterocycles. The van der Waals surface area contributed by atoms with Crippen molar-refractivity contribution in [3.63, 3.8) is 0 Å². The van der Waals surface area contributed by atoms with Crippen LogP contribution in [0, 0.1) is 0 Å². The van der Waals surface area contributed by atoms with E-state index in [0.717, 1.165) is 16.9 Å². The van der Waals surface area contributed by atoms with Crippen LogP contribution in [0.5, 0.6) is 0 Å². The van der Waals surface area contributed by atoms with Crippen molar-refractivity contribution in [2.45, 2.75) is 0 Å². The molecule has 0 aliphatic rings. The third-order valence-electron chi connectivity index (χ3n) is 9.62. The lowest BCUT2D eigenvalue weighted by molar-refractivity contribution is -0.796. The minimum absolute atomic E-state index is 0.642. The van der Waals surface area contributed by atoms with E-state index in [1.165, 1.54) is 64.6 Å². The molecule has 0 unspecified atom stereocenters. The third kappa shape index (κ3) is 4.31. The van der Waals surface area contributed by atoms with Gasteiger partial charge in [0.25, 0.3) is 5.82 Å². The molecule has 0 aliphatic heterocycles. The first kappa shape index (κ1) is 26.7. The lowest BCUT2D eigenvalue weighted by Crippen LogP contribution is -2.49. The quantitative estimate of drug-likeness (QED) is 0.147. The molecule has 48 heavy (non-hydrogen) atoms. The van der Waals surface area contributed by atoms with Gasteiger partial charge in [0.15, 0.2) is 0 Å². The van der Waals surface area contributed by atoms with Gasteiger partial charge in [0.1, 0.15) is 0 Å². The third-order valence-corrected chi connectivity index (χ3v) is 9.62. The average Bonchev–Trinajstić information content (AvgIpc) is 3.17. The van der Waals surface area contributed by atoms with Crippen molar-refractivity contribution in [2.75, 3.05) is 0 Å². The standard InChI is InChI=1S/C44H28N4/c1-4-10-38-29(7-1)13-16-32-19-20-35(25-41(32)38)44-45-47(36-23-21-33-17-14-30-8-2-5-11-39(30)42(33)26-36)28-48(46-44)37-24-22-34-18-15-31-9-3-6-12-40(31)43(34)27-37/h1-28H/q+2. The zero-order chi connectivity index (χ0) is 31.6. The Morgan fingerprint density at radius 3 is 1.12 bits per heavy atom. The van der Waals surface area contributed by atoms with Gasteiger partial charge in [-0.05, 0) is 82.8 Å². The average molecular weight is 613 g/mol. The van der Waals surface area contributed by atoms with E-state index < -0.39 is 0 Å². The molecular weight excluding hydrogens is 585 g/mol. The first-order chi connectivity index (χ1) is 23.7. The molecular formula is C44H28N4+2. The summed E-state index contributed by atoms with van der Waals surface area (Å²) in [6.07, 6.45) is 1.98. The number of benzene rings is 9. The second-order valence-corrected chi connectivity index (χ2v) is 12.4. The SMILES string of the molecule is c1ccc2c(c1)ccc1ccc(-c3n[n+](-c4ccc5ccc6ccccc6c5c4)c[n+](-c4ccc5ccc6ccccc6c5c4)n3)cc12. The van der Waals surface area contributed by atoms with Crippen LogP contribution in [0.15, 0.2) is 170 Å². The summed E-state index contributed by atoms with van der Waals surface area (Å²) in [6, 6.07) is 58.4. The summed E-state index contributed by atoms with van der Waals surface area (Å²) >= 11 is 0. The van der Waals surface area contributed by atoms with Crippen LogP contribution >= 0.6 is 0 Å². The maximum Gasteiger partial charge on any atom is 0.469 e. The maximum absolute atomic E-state index is 5.17. The minimum Gasteiger partial charge on any atom is -0.0616 e. The van der Waals surface area contributed by atoms with Gasteiger partial charge in [-0.25, -0.2) is 0 Å². The molecule has 0 spiro atoms. The monoisotopic (exact) mass is 612 g/mol. The molecule has 0 atom stereocenters. The molecule has 0 radical (unpaired) electrons. The number of hydrogen-bond acceptors (Lipinski definition) is 2. The van der Waals surface area contributed by atoms with E-state index in [1.807, 2.05) is 15.7 Å². The van der Waals surface area contributed by atoms with Crippen LogP contribution in [-0.4, -0.2) is 10.2 Å². The van der Waals surface area contributed by atoms with Crippen LogP contribution < -0.4 is 9.36 Å². The number of rotatable bonds is 3. The molecule has 0 saturated heterocycles. The molecule has 10 aromatic rings. The summed E-state index contributed by atoms with van der Waals surface area (Å²) in [4.78, 5) is 0. The van der Waals surface area contributed by atoms with Gasteiger partial charge in [0.05, 0.1) is 0 Å². The van der Waals surface area contributed by atoms with Crippen LogP contribution in [0.3, 0.4) is 0 Å². The van der Waals surface area contributed by atoms with E-state index in [-0.39, 0.29) is 0 Å². The van der Waals surface area contributed by atoms with E-state index in [4.69, 9.17) is 10.2 Å². The fourth-order valence-corrected chi connectivity index (χ4v) is 7.15. The van der Waals surface area contributed by atoms with Gasteiger partial charge in [0.2, 0.25) is 11.4 Å². The van der Waals surface area contributed by atoms with Gasteiger partial charge >= 0.3 is 6.33 Å². The Labute approximate surface area is 276 Å². The topological polar surface area (TPSA) is 33.5 Å². The van der Waals surface area contributed by atoms with Gasteiger partial charge in [0, 0.05) is 49.4 Å². The first-order valence-corrected chi connectivity index (χ1v) is 16.2. The van der Waals surface area contributed by atoms with Crippen LogP contribution in [-0.2, 0) is 0 Å². The van der Waals surface area contributed by atoms with Crippen LogP contribution in [0.25, 0.3) is 87.4 Å². The molecule has 0 amide bonds. The highest BCUT2D eigenvalue weighted by Gasteiger charge is 2.25. The summed E-state index contributed by atoms with van der Waals surface area (Å²) in [6.45, 7) is 0. The molecule has 222 valence electrons. The molecule has 0 bridgehead atoms. The first-order valence-electron chi connectivity index (χ1n) is 16.2. The van der Waals surface area contributed by atoms with Gasteiger partial charge in [-0.1, -0.05) is 121 Å². The van der Waals surface area contributed by atoms with Gasteiger partial charge in [-0.3, -0.25) is 0 Å². The van der Waals surface area contributed by atoms with E-state index in [2.05, 4.69) is 164 Å². The minimum atomic E-state index is 0.642. The van der Waals surface area contributed by atoms with Crippen molar-refractivity contribution in [3.05, 3.63) is 170 Å². The summed E-state index contributed by atoms with van der Waals surface area (Å²) < 4.78 is 3.92. The summed E-state index contributed by atoms with van der Waals surface area (Å²) in [7, 11) is 0. The highest BCUT2D eigenvalue weighted by molar-refractivity contribution is 6.10. The van der Waals surface area contributed by atoms with Crippen molar-refractivity contribution >= 4 is 64.6 Å². The largest absolute Gasteiger partial charge is 0.469 e. The summed E-state index contributed by atoms with van der Waals surface area (Å²) in [5, 5.41) is 24.8. The molecule has 0 aliphatic carbocycles. The predicted molar refractivity (Wildman–Crippen MR) is 196 cm³/mol. The number of fused-ring (bicyclic) bond motifs is 9. The van der Waals surface area contributed by atoms with Crippen LogP contribution in [0.1, 0.15) is 0 Å². The second kappa shape index (κ2) is 10.5. The molecule has 0 saturated carbocycles. The van der Waals surface area contributed by atoms with Crippen molar-refractivity contribution in [1.82, 2.24) is 10.2 Å². The highest BCUT2D eigenvalue weighted by atomic mass is 15.4. The summed E-state index contributed by atoms with van der Waals surface area (Å²) in [5.74, 6) is 0.642. The molecule has 0 N–H and O–H groups in total. The molecule has 10 rings (SSSR count). The van der Waals surface area contributed by atoms with Crippen molar-refractivity contribution in [1.29, 1.82) is 0 Å². The Morgan fingerprint density at radius 2 is 0.667 bits per heavy atom. The van der Waals surface area contributed by atoms with Gasteiger partial charge < -0.3 is 0 Å². The van der Waals surface area contributed by atoms with E-state index in [1.54, 1.807) is 0 Å². The molecule has 1 aromatic heterocycles. The van der Waals surface area contributed by atoms with Crippen LogP contribution in [0.2, 0.25) is 0 Å². The molecule has 9 aromatic carbocycles. The normalized spacial score (nSPS) is 11.8. The van der Waals surface area contributed by atoms with E-state index >= 15 is 0 Å². The number of hydrogen-bond donors (Lipinski definition) is 0. The number of nitrogens with zero attached hydrogens (tertiary/aromatic N) is 4. The lowest BCUT2D eigenvalue weighted by Gasteiger charge is -2.06. The lowest BCUT2D eigenvalue weighted by atomic mass is 10.00. The molecule has 4 nitrogen and oxygen atoms in total. The second-order valence-electron chi connectivity index (χ2n) is 12.4. The highest BCUT2D eigenvalue weighted by Crippen LogP contribution is 2.30. The Bertz CT molecular complexity index is 2580. The van der Waals surface area contributed by atoms with E-state index in [0.29, 0.717) is 5.82 Å². The van der Waals surface area contributed by atoms with Gasteiger partial charge in [-0.15, -0.1) is 0 Å². The Morgan fingerprint density at radius 1 is 0.312 bits per heavy atom. The molecule has 0 fully saturated rings. The fraction of sp³-hybridized carbons (Fsp3) is 0. The van der Waals surface area contributed by atoms with Gasteiger partial charge in [-0.2, -0.15) is 0 Å². The predicted octanol–water partition coefficient (Wildman–Crippen LogP) is 9.62. The van der Waals surface area contributed by atoms with Crippen LogP contribution in [0.4, 0.5) is 0 Å². The van der Waals surface area contributed by atoms with Crippen molar-refractivity contribution in [3.8, 4) is 22.8 Å². The van der Waals surface area contributed by atoms with Crippen molar-refractivity contribution < 1.29 is 9.36 Å². The Balaban J connectivity index is 1.22. The summed E-state index contributed by atoms with van der Waals surface area (Å²) in [5.41, 5.74) is 2.89. The number of aromatic nitrogens is 4. The molecule has 4 heteroatoms. The van der Waals surface area contributed by atoms with E-state index in [9.17, 15) is 0 Å². The Kier molecular flexibility index (Phi) is 5.84. The maximum atomic E-state index is 5.17. The van der Waals surface area contributed by atoms with Crippen molar-refractivity contribution in [2.24, 2.45) is 0 Å².